The van der Waals surface area contributed by atoms with Crippen molar-refractivity contribution in [3.8, 4) is 0 Å². The Morgan fingerprint density at radius 1 is 0.900 bits per heavy atom. The van der Waals surface area contributed by atoms with Crippen molar-refractivity contribution in [3.05, 3.63) is 0 Å². The predicted octanol–water partition coefficient (Wildman–Crippen LogP) is 0.624. The fourth-order valence-corrected chi connectivity index (χ4v) is 2.42. The minimum atomic E-state index is 0.270. The molecule has 0 bridgehead atoms. The molecule has 0 aromatic rings. The highest BCUT2D eigenvalue weighted by atomic mass is 16.5. The molecule has 5 heteroatoms. The zero-order valence-electron chi connectivity index (χ0n) is 13.4. The van der Waals surface area contributed by atoms with Gasteiger partial charge < -0.3 is 20.7 Å². The fourth-order valence-electron chi connectivity index (χ4n) is 2.42. The average Bonchev–Trinajstić information content (AvgIpc) is 2.45. The molecule has 0 amide bonds. The van der Waals surface area contributed by atoms with Crippen molar-refractivity contribution in [1.29, 1.82) is 0 Å². The van der Waals surface area contributed by atoms with Crippen LogP contribution < -0.4 is 16.0 Å². The largest absolute Gasteiger partial charge is 0.363 e. The highest BCUT2D eigenvalue weighted by Gasteiger charge is 2.16. The van der Waals surface area contributed by atoms with Gasteiger partial charge in [-0.2, -0.15) is 0 Å². The van der Waals surface area contributed by atoms with Crippen molar-refractivity contribution >= 4 is 0 Å². The molecule has 1 atom stereocenters. The molecule has 0 saturated carbocycles. The topological polar surface area (TPSA) is 48.6 Å². The molecule has 0 spiro atoms. The van der Waals surface area contributed by atoms with Crippen LogP contribution in [0.25, 0.3) is 0 Å². The van der Waals surface area contributed by atoms with Gasteiger partial charge in [0.25, 0.3) is 0 Å². The predicted molar refractivity (Wildman–Crippen MR) is 85.1 cm³/mol. The van der Waals surface area contributed by atoms with Gasteiger partial charge in [-0.05, 0) is 12.8 Å². The number of hydrogen-bond donors (Lipinski definition) is 3. The molecule has 1 aliphatic heterocycles. The maximum absolute atomic E-state index is 6.05. The quantitative estimate of drug-likeness (QED) is 0.625. The maximum Gasteiger partial charge on any atom is 0.110 e. The molecule has 1 heterocycles. The lowest BCUT2D eigenvalue weighted by atomic mass is 10.3. The second kappa shape index (κ2) is 12.5. The molecule has 20 heavy (non-hydrogen) atoms. The SMILES string of the molecule is CCCCOC(CC)N1CCNCCNCCNCC1. The standard InChI is InChI=1S/C15H34N4O/c1-3-5-14-20-15(4-2)19-12-10-17-8-6-16-7-9-18-11-13-19/h15-18H,3-14H2,1-2H3. The van der Waals surface area contributed by atoms with E-state index in [9.17, 15) is 0 Å². The summed E-state index contributed by atoms with van der Waals surface area (Å²) in [5.74, 6) is 0. The van der Waals surface area contributed by atoms with Crippen LogP contribution in [-0.2, 0) is 4.74 Å². The van der Waals surface area contributed by atoms with E-state index in [-0.39, 0.29) is 6.23 Å². The average molecular weight is 286 g/mol. The van der Waals surface area contributed by atoms with E-state index >= 15 is 0 Å². The highest BCUT2D eigenvalue weighted by molar-refractivity contribution is 4.68. The third kappa shape index (κ3) is 8.17. The van der Waals surface area contributed by atoms with Crippen molar-refractivity contribution in [1.82, 2.24) is 20.9 Å². The number of nitrogens with zero attached hydrogens (tertiary/aromatic N) is 1. The Balaban J connectivity index is 2.38. The highest BCUT2D eigenvalue weighted by Crippen LogP contribution is 2.06. The molecule has 3 N–H and O–H groups in total. The second-order valence-corrected chi connectivity index (χ2v) is 5.37. The van der Waals surface area contributed by atoms with E-state index in [1.807, 2.05) is 0 Å². The smallest absolute Gasteiger partial charge is 0.110 e. The van der Waals surface area contributed by atoms with E-state index < -0.39 is 0 Å². The van der Waals surface area contributed by atoms with Gasteiger partial charge in [-0.15, -0.1) is 0 Å². The summed E-state index contributed by atoms with van der Waals surface area (Å²) in [6, 6.07) is 0. The Hall–Kier alpha value is -0.200. The van der Waals surface area contributed by atoms with Crippen molar-refractivity contribution in [2.45, 2.75) is 39.3 Å². The van der Waals surface area contributed by atoms with Gasteiger partial charge in [0, 0.05) is 59.0 Å². The van der Waals surface area contributed by atoms with E-state index in [4.69, 9.17) is 4.74 Å². The molecule has 0 aromatic carbocycles. The molecule has 0 aromatic heterocycles. The van der Waals surface area contributed by atoms with Gasteiger partial charge in [0.15, 0.2) is 0 Å². The summed E-state index contributed by atoms with van der Waals surface area (Å²) in [6.45, 7) is 13.7. The lowest BCUT2D eigenvalue weighted by molar-refractivity contribution is -0.0613. The normalized spacial score (nSPS) is 21.9. The zero-order chi connectivity index (χ0) is 14.5. The van der Waals surface area contributed by atoms with Crippen LogP contribution in [0.15, 0.2) is 0 Å². The van der Waals surface area contributed by atoms with Gasteiger partial charge in [0.05, 0.1) is 0 Å². The van der Waals surface area contributed by atoms with Crippen molar-refractivity contribution in [3.63, 3.8) is 0 Å². The molecular formula is C15H34N4O. The number of hydrogen-bond acceptors (Lipinski definition) is 5. The van der Waals surface area contributed by atoms with Crippen LogP contribution in [0, 0.1) is 0 Å². The Bertz CT molecular complexity index is 204. The molecule has 120 valence electrons. The maximum atomic E-state index is 6.05. The zero-order valence-corrected chi connectivity index (χ0v) is 13.4. The number of unbranched alkanes of at least 4 members (excludes halogenated alkanes) is 1. The lowest BCUT2D eigenvalue weighted by Crippen LogP contribution is -2.46. The molecule has 0 radical (unpaired) electrons. The first-order valence-electron chi connectivity index (χ1n) is 8.36. The van der Waals surface area contributed by atoms with E-state index in [1.165, 1.54) is 6.42 Å². The van der Waals surface area contributed by atoms with E-state index in [2.05, 4.69) is 34.7 Å². The third-order valence-electron chi connectivity index (χ3n) is 3.67. The summed E-state index contributed by atoms with van der Waals surface area (Å²) < 4.78 is 6.05. The molecule has 1 fully saturated rings. The molecule has 1 unspecified atom stereocenters. The van der Waals surface area contributed by atoms with Crippen LogP contribution in [-0.4, -0.2) is 70.1 Å². The van der Waals surface area contributed by atoms with Crippen LogP contribution in [0.3, 0.4) is 0 Å². The van der Waals surface area contributed by atoms with Crippen molar-refractivity contribution < 1.29 is 4.74 Å². The number of rotatable bonds is 6. The van der Waals surface area contributed by atoms with Gasteiger partial charge in [-0.1, -0.05) is 20.3 Å². The monoisotopic (exact) mass is 286 g/mol. The van der Waals surface area contributed by atoms with Crippen LogP contribution in [0.2, 0.25) is 0 Å². The van der Waals surface area contributed by atoms with Crippen molar-refractivity contribution in [2.75, 3.05) is 59.0 Å². The summed E-state index contributed by atoms with van der Waals surface area (Å²) in [4.78, 5) is 2.48. The third-order valence-corrected chi connectivity index (χ3v) is 3.67. The Morgan fingerprint density at radius 3 is 1.95 bits per heavy atom. The van der Waals surface area contributed by atoms with Crippen LogP contribution >= 0.6 is 0 Å². The van der Waals surface area contributed by atoms with Crippen LogP contribution in [0.5, 0.6) is 0 Å². The summed E-state index contributed by atoms with van der Waals surface area (Å²) in [5, 5.41) is 10.4. The van der Waals surface area contributed by atoms with Gasteiger partial charge in [0.2, 0.25) is 0 Å². The van der Waals surface area contributed by atoms with E-state index in [0.29, 0.717) is 0 Å². The molecule has 5 nitrogen and oxygen atoms in total. The van der Waals surface area contributed by atoms with Crippen LogP contribution in [0.4, 0.5) is 0 Å². The Labute approximate surface area is 124 Å². The molecule has 1 rings (SSSR count). The first-order valence-corrected chi connectivity index (χ1v) is 8.36. The molecule has 0 aliphatic carbocycles. The fraction of sp³-hybridized carbons (Fsp3) is 1.00. The van der Waals surface area contributed by atoms with Gasteiger partial charge in [0.1, 0.15) is 6.23 Å². The number of ether oxygens (including phenoxy) is 1. The Morgan fingerprint density at radius 2 is 1.45 bits per heavy atom. The minimum Gasteiger partial charge on any atom is -0.363 e. The van der Waals surface area contributed by atoms with Crippen molar-refractivity contribution in [2.24, 2.45) is 0 Å². The first-order chi connectivity index (χ1) is 9.88. The summed E-state index contributed by atoms with van der Waals surface area (Å²) in [6.07, 6.45) is 3.69. The van der Waals surface area contributed by atoms with Gasteiger partial charge in [-0.25, -0.2) is 0 Å². The molecule has 1 saturated heterocycles. The second-order valence-electron chi connectivity index (χ2n) is 5.37. The number of nitrogens with one attached hydrogen (secondary N) is 3. The van der Waals surface area contributed by atoms with Gasteiger partial charge in [-0.3, -0.25) is 4.90 Å². The lowest BCUT2D eigenvalue weighted by Gasteiger charge is -2.31. The van der Waals surface area contributed by atoms with Gasteiger partial charge >= 0.3 is 0 Å². The summed E-state index contributed by atoms with van der Waals surface area (Å²) in [7, 11) is 0. The Kier molecular flexibility index (Phi) is 11.2. The summed E-state index contributed by atoms with van der Waals surface area (Å²) >= 11 is 0. The van der Waals surface area contributed by atoms with E-state index in [0.717, 1.165) is 71.8 Å². The molecular weight excluding hydrogens is 252 g/mol. The minimum absolute atomic E-state index is 0.270. The molecule has 1 aliphatic rings. The van der Waals surface area contributed by atoms with Crippen LogP contribution in [0.1, 0.15) is 33.1 Å². The first kappa shape index (κ1) is 17.9. The summed E-state index contributed by atoms with van der Waals surface area (Å²) in [5.41, 5.74) is 0. The van der Waals surface area contributed by atoms with E-state index in [1.54, 1.807) is 0 Å².